The average Bonchev–Trinajstić information content (AvgIpc) is 2.76. The van der Waals surface area contributed by atoms with Crippen molar-refractivity contribution in [2.75, 3.05) is 5.32 Å². The number of pyridine rings is 1. The summed E-state index contributed by atoms with van der Waals surface area (Å²) in [6.07, 6.45) is 4.78. The molecule has 0 bridgehead atoms. The summed E-state index contributed by atoms with van der Waals surface area (Å²) >= 11 is 0. The first kappa shape index (κ1) is 9.40. The van der Waals surface area contributed by atoms with Gasteiger partial charge < -0.3 is 5.32 Å². The molecule has 0 saturated carbocycles. The molecule has 2 heteroatoms. The molecule has 1 atom stereocenters. The van der Waals surface area contributed by atoms with E-state index in [-0.39, 0.29) is 0 Å². The van der Waals surface area contributed by atoms with E-state index in [9.17, 15) is 0 Å². The Kier molecular flexibility index (Phi) is 2.13. The molecule has 0 amide bonds. The van der Waals surface area contributed by atoms with Gasteiger partial charge in [-0.15, -0.1) is 0 Å². The quantitative estimate of drug-likeness (QED) is 0.782. The molecule has 1 aromatic heterocycles. The van der Waals surface area contributed by atoms with Crippen LogP contribution in [0.2, 0.25) is 0 Å². The number of rotatable bonds is 1. The van der Waals surface area contributed by atoms with Crippen LogP contribution in [0.3, 0.4) is 0 Å². The van der Waals surface area contributed by atoms with Crippen molar-refractivity contribution in [2.24, 2.45) is 0 Å². The maximum absolute atomic E-state index is 4.06. The minimum Gasteiger partial charge on any atom is -0.377 e. The minimum atomic E-state index is 0.402. The molecular weight excluding hydrogens is 196 g/mol. The molecule has 0 aliphatic carbocycles. The number of hydrogen-bond donors (Lipinski definition) is 1. The summed E-state index contributed by atoms with van der Waals surface area (Å²) in [6.45, 7) is 2.15. The fourth-order valence-corrected chi connectivity index (χ4v) is 2.35. The van der Waals surface area contributed by atoms with Crippen LogP contribution in [-0.2, 0) is 6.42 Å². The summed E-state index contributed by atoms with van der Waals surface area (Å²) in [5, 5.41) is 3.59. The number of para-hydroxylation sites is 1. The largest absolute Gasteiger partial charge is 0.377 e. The first-order valence-corrected chi connectivity index (χ1v) is 5.59. The number of fused-ring (bicyclic) bond motifs is 1. The predicted molar refractivity (Wildman–Crippen MR) is 65.5 cm³/mol. The second-order valence-corrected chi connectivity index (χ2v) is 4.29. The number of nitrogens with zero attached hydrogens (tertiary/aromatic N) is 1. The second-order valence-electron chi connectivity index (χ2n) is 4.29. The summed E-state index contributed by atoms with van der Waals surface area (Å²) in [6, 6.07) is 11.1. The van der Waals surface area contributed by atoms with E-state index in [2.05, 4.69) is 47.6 Å². The van der Waals surface area contributed by atoms with E-state index in [4.69, 9.17) is 0 Å². The van der Waals surface area contributed by atoms with E-state index >= 15 is 0 Å². The van der Waals surface area contributed by atoms with Crippen LogP contribution >= 0.6 is 0 Å². The zero-order valence-electron chi connectivity index (χ0n) is 9.27. The van der Waals surface area contributed by atoms with Gasteiger partial charge in [-0.1, -0.05) is 18.2 Å². The zero-order valence-corrected chi connectivity index (χ0v) is 9.27. The van der Waals surface area contributed by atoms with Gasteiger partial charge >= 0.3 is 0 Å². The average molecular weight is 210 g/mol. The minimum absolute atomic E-state index is 0.402. The van der Waals surface area contributed by atoms with Crippen LogP contribution in [0.5, 0.6) is 0 Å². The molecule has 16 heavy (non-hydrogen) atoms. The smallest absolute Gasteiger partial charge is 0.0556 e. The lowest BCUT2D eigenvalue weighted by Crippen LogP contribution is -2.05. The Balaban J connectivity index is 1.94. The van der Waals surface area contributed by atoms with Gasteiger partial charge in [0, 0.05) is 18.1 Å². The van der Waals surface area contributed by atoms with Crippen LogP contribution in [0.25, 0.3) is 0 Å². The summed E-state index contributed by atoms with van der Waals surface area (Å²) in [5.74, 6) is 0. The maximum Gasteiger partial charge on any atom is 0.0556 e. The fraction of sp³-hybridized carbons (Fsp3) is 0.214. The van der Waals surface area contributed by atoms with E-state index in [1.54, 1.807) is 0 Å². The lowest BCUT2D eigenvalue weighted by atomic mass is 10.0. The Hall–Kier alpha value is -1.83. The number of aromatic nitrogens is 1. The SMILES string of the molecule is Cc1cccc2c1NC(c1ccncc1)C2. The Labute approximate surface area is 95.3 Å². The van der Waals surface area contributed by atoms with Crippen molar-refractivity contribution in [1.29, 1.82) is 0 Å². The predicted octanol–water partition coefficient (Wildman–Crippen LogP) is 3.10. The van der Waals surface area contributed by atoms with Crippen LogP contribution < -0.4 is 5.32 Å². The van der Waals surface area contributed by atoms with Crippen molar-refractivity contribution < 1.29 is 0 Å². The van der Waals surface area contributed by atoms with Gasteiger partial charge in [-0.3, -0.25) is 4.98 Å². The van der Waals surface area contributed by atoms with E-state index in [1.165, 1.54) is 22.4 Å². The van der Waals surface area contributed by atoms with Gasteiger partial charge in [-0.25, -0.2) is 0 Å². The Morgan fingerprint density at radius 3 is 2.75 bits per heavy atom. The van der Waals surface area contributed by atoms with Gasteiger partial charge in [0.05, 0.1) is 6.04 Å². The van der Waals surface area contributed by atoms with Crippen molar-refractivity contribution in [3.05, 3.63) is 59.4 Å². The summed E-state index contributed by atoms with van der Waals surface area (Å²) < 4.78 is 0. The number of nitrogens with one attached hydrogen (secondary N) is 1. The fourth-order valence-electron chi connectivity index (χ4n) is 2.35. The molecule has 1 N–H and O–H groups in total. The lowest BCUT2D eigenvalue weighted by Gasteiger charge is -2.11. The topological polar surface area (TPSA) is 24.9 Å². The zero-order chi connectivity index (χ0) is 11.0. The highest BCUT2D eigenvalue weighted by atomic mass is 15.0. The van der Waals surface area contributed by atoms with Crippen molar-refractivity contribution >= 4 is 5.69 Å². The summed E-state index contributed by atoms with van der Waals surface area (Å²) in [7, 11) is 0. The highest BCUT2D eigenvalue weighted by Crippen LogP contribution is 2.35. The molecule has 2 heterocycles. The lowest BCUT2D eigenvalue weighted by molar-refractivity contribution is 0.821. The molecule has 1 aliphatic heterocycles. The third kappa shape index (κ3) is 1.47. The summed E-state index contributed by atoms with van der Waals surface area (Å²) in [4.78, 5) is 4.06. The first-order valence-electron chi connectivity index (χ1n) is 5.59. The Morgan fingerprint density at radius 2 is 2.00 bits per heavy atom. The van der Waals surface area contributed by atoms with Gasteiger partial charge in [0.15, 0.2) is 0 Å². The van der Waals surface area contributed by atoms with E-state index in [1.807, 2.05) is 12.4 Å². The molecule has 1 aliphatic rings. The van der Waals surface area contributed by atoms with Crippen LogP contribution in [0.4, 0.5) is 5.69 Å². The number of hydrogen-bond acceptors (Lipinski definition) is 2. The third-order valence-electron chi connectivity index (χ3n) is 3.21. The van der Waals surface area contributed by atoms with E-state index in [0.29, 0.717) is 6.04 Å². The van der Waals surface area contributed by atoms with Crippen molar-refractivity contribution in [3.8, 4) is 0 Å². The van der Waals surface area contributed by atoms with E-state index in [0.717, 1.165) is 6.42 Å². The molecule has 2 aromatic rings. The molecular formula is C14H14N2. The number of aryl methyl sites for hydroxylation is 1. The molecule has 0 fully saturated rings. The first-order chi connectivity index (χ1) is 7.84. The Morgan fingerprint density at radius 1 is 1.19 bits per heavy atom. The molecule has 0 spiro atoms. The molecule has 80 valence electrons. The maximum atomic E-state index is 4.06. The van der Waals surface area contributed by atoms with E-state index < -0.39 is 0 Å². The van der Waals surface area contributed by atoms with Gasteiger partial charge in [0.2, 0.25) is 0 Å². The van der Waals surface area contributed by atoms with Gasteiger partial charge in [-0.2, -0.15) is 0 Å². The number of anilines is 1. The second kappa shape index (κ2) is 3.63. The van der Waals surface area contributed by atoms with Crippen molar-refractivity contribution in [2.45, 2.75) is 19.4 Å². The van der Waals surface area contributed by atoms with Crippen LogP contribution in [0, 0.1) is 6.92 Å². The van der Waals surface area contributed by atoms with Crippen molar-refractivity contribution in [3.63, 3.8) is 0 Å². The number of benzene rings is 1. The molecule has 1 unspecified atom stereocenters. The van der Waals surface area contributed by atoms with Gasteiger partial charge in [0.25, 0.3) is 0 Å². The normalized spacial score (nSPS) is 17.9. The molecule has 3 rings (SSSR count). The highest BCUT2D eigenvalue weighted by Gasteiger charge is 2.22. The molecule has 0 radical (unpaired) electrons. The molecule has 0 saturated heterocycles. The van der Waals surface area contributed by atoms with Gasteiger partial charge in [-0.05, 0) is 42.2 Å². The van der Waals surface area contributed by atoms with Crippen LogP contribution in [0.1, 0.15) is 22.7 Å². The standard InChI is InChI=1S/C14H14N2/c1-10-3-2-4-12-9-13(16-14(10)12)11-5-7-15-8-6-11/h2-8,13,16H,9H2,1H3. The highest BCUT2D eigenvalue weighted by molar-refractivity contribution is 5.62. The van der Waals surface area contributed by atoms with Gasteiger partial charge in [0.1, 0.15) is 0 Å². The van der Waals surface area contributed by atoms with Crippen molar-refractivity contribution in [1.82, 2.24) is 4.98 Å². The third-order valence-corrected chi connectivity index (χ3v) is 3.21. The Bertz CT molecular complexity index is 505. The van der Waals surface area contributed by atoms with Crippen LogP contribution in [-0.4, -0.2) is 4.98 Å². The monoisotopic (exact) mass is 210 g/mol. The molecule has 2 nitrogen and oxygen atoms in total. The summed E-state index contributed by atoms with van der Waals surface area (Å²) in [5.41, 5.74) is 5.37. The molecule has 1 aromatic carbocycles. The van der Waals surface area contributed by atoms with Crippen LogP contribution in [0.15, 0.2) is 42.7 Å².